The van der Waals surface area contributed by atoms with Crippen molar-refractivity contribution in [3.05, 3.63) is 136 Å². The Morgan fingerprint density at radius 1 is 0.768 bits per heavy atom. The summed E-state index contributed by atoms with van der Waals surface area (Å²) in [6.07, 6.45) is 5.07. The van der Waals surface area contributed by atoms with E-state index in [1.165, 1.54) is 38.9 Å². The number of pyridine rings is 2. The van der Waals surface area contributed by atoms with E-state index in [1.54, 1.807) is 11.3 Å². The first-order valence-corrected chi connectivity index (χ1v) is 20.1. The smallest absolute Gasteiger partial charge is 0.148 e. The Morgan fingerprint density at radius 3 is 2.11 bits per heavy atom. The molecule has 0 aliphatic rings. The molecule has 4 nitrogen and oxygen atoms in total. The van der Waals surface area contributed by atoms with Gasteiger partial charge in [0, 0.05) is 48.9 Å². The maximum absolute atomic E-state index is 6.60. The molecule has 56 heavy (non-hydrogen) atoms. The SMILES string of the molecule is Cc1c[c-]c(-c2ccc(CC(C)(C)C)cn2)cc1.Cc1cccc(C)c1-c1cnc(-c2[c-]ccc3c2oc2c3ccc3sc(C(C)(C)C)nc32)cc1C(C)C.[Ir]. The van der Waals surface area contributed by atoms with Gasteiger partial charge in [0.2, 0.25) is 0 Å². The number of aryl methyl sites for hydroxylation is 3. The molecule has 0 aliphatic heterocycles. The maximum Gasteiger partial charge on any atom is 0.148 e. The number of fused-ring (bicyclic) bond motifs is 5. The molecule has 0 aliphatic carbocycles. The number of hydrogen-bond donors (Lipinski definition) is 0. The average Bonchev–Trinajstić information content (AvgIpc) is 3.75. The standard InChI is InChI=1S/C33H31N2OS.C17H20N.Ir/c1-18(2)24-16-26(34-17-25(24)28-19(3)10-8-11-20(28)4)23-13-9-12-21-22-14-15-27-29(31(22)36-30(21)23)35-32(37-27)33(5,6)7;1-13-5-8-15(9-6-13)16-10-7-14(12-18-16)11-17(2,3)4;/h8-12,14-18H,1-7H3;5-8,10,12H,11H2,1-4H3;/q2*-1;. The summed E-state index contributed by atoms with van der Waals surface area (Å²) in [4.78, 5) is 14.5. The van der Waals surface area contributed by atoms with Gasteiger partial charge in [-0.3, -0.25) is 0 Å². The monoisotopic (exact) mass is 934 g/mol. The first kappa shape index (κ1) is 41.2. The Bertz CT molecular complexity index is 2620. The number of nitrogens with zero attached hydrogens (tertiary/aromatic N) is 3. The van der Waals surface area contributed by atoms with Gasteiger partial charge < -0.3 is 14.4 Å². The summed E-state index contributed by atoms with van der Waals surface area (Å²) in [5.41, 5.74) is 15.5. The predicted octanol–water partition coefficient (Wildman–Crippen LogP) is 14.2. The molecular formula is C50H51IrN3OS-2. The number of hydrogen-bond acceptors (Lipinski definition) is 5. The third kappa shape index (κ3) is 8.59. The zero-order valence-electron chi connectivity index (χ0n) is 34.4. The van der Waals surface area contributed by atoms with E-state index < -0.39 is 0 Å². The normalized spacial score (nSPS) is 11.9. The molecule has 0 spiro atoms. The van der Waals surface area contributed by atoms with E-state index in [-0.39, 0.29) is 25.5 Å². The van der Waals surface area contributed by atoms with Crippen LogP contribution in [0, 0.1) is 38.3 Å². The van der Waals surface area contributed by atoms with Crippen molar-refractivity contribution in [1.29, 1.82) is 0 Å². The molecule has 1 radical (unpaired) electrons. The molecular weight excluding hydrogens is 883 g/mol. The molecule has 289 valence electrons. The molecule has 8 aromatic rings. The second-order valence-electron chi connectivity index (χ2n) is 17.4. The molecule has 0 N–H and O–H groups in total. The maximum atomic E-state index is 6.60. The number of benzene rings is 4. The molecule has 0 saturated carbocycles. The fraction of sp³-hybridized carbons (Fsp3) is 0.300. The molecule has 4 heterocycles. The summed E-state index contributed by atoms with van der Waals surface area (Å²) < 4.78 is 7.76. The molecule has 4 aromatic heterocycles. The van der Waals surface area contributed by atoms with Gasteiger partial charge in [0.15, 0.2) is 0 Å². The number of aromatic nitrogens is 3. The van der Waals surface area contributed by atoms with E-state index in [0.717, 1.165) is 66.1 Å². The number of rotatable bonds is 5. The predicted molar refractivity (Wildman–Crippen MR) is 233 cm³/mol. The van der Waals surface area contributed by atoms with Gasteiger partial charge in [0.1, 0.15) is 11.1 Å². The van der Waals surface area contributed by atoms with Crippen molar-refractivity contribution >= 4 is 43.5 Å². The van der Waals surface area contributed by atoms with E-state index in [4.69, 9.17) is 14.4 Å². The topological polar surface area (TPSA) is 51.8 Å². The van der Waals surface area contributed by atoms with Crippen LogP contribution in [0.5, 0.6) is 0 Å². The summed E-state index contributed by atoms with van der Waals surface area (Å²) in [7, 11) is 0. The minimum absolute atomic E-state index is 0. The second kappa shape index (κ2) is 16.2. The second-order valence-corrected chi connectivity index (χ2v) is 18.4. The van der Waals surface area contributed by atoms with E-state index >= 15 is 0 Å². The zero-order valence-corrected chi connectivity index (χ0v) is 37.6. The Labute approximate surface area is 350 Å². The number of thiazole rings is 1. The van der Waals surface area contributed by atoms with Crippen LogP contribution in [0.25, 0.3) is 65.8 Å². The van der Waals surface area contributed by atoms with Gasteiger partial charge in [-0.2, -0.15) is 0 Å². The van der Waals surface area contributed by atoms with E-state index in [9.17, 15) is 0 Å². The Kier molecular flexibility index (Phi) is 11.9. The van der Waals surface area contributed by atoms with E-state index in [2.05, 4.69) is 160 Å². The van der Waals surface area contributed by atoms with E-state index in [0.29, 0.717) is 11.3 Å². The van der Waals surface area contributed by atoms with Crippen LogP contribution in [0.1, 0.15) is 94.1 Å². The quantitative estimate of drug-likeness (QED) is 0.161. The molecule has 0 amide bonds. The van der Waals surface area contributed by atoms with Gasteiger partial charge in [-0.25, -0.2) is 4.98 Å². The third-order valence-corrected chi connectivity index (χ3v) is 11.4. The first-order chi connectivity index (χ1) is 26.1. The molecule has 0 saturated heterocycles. The summed E-state index contributed by atoms with van der Waals surface area (Å²) in [6, 6.07) is 34.2. The molecule has 8 rings (SSSR count). The van der Waals surface area contributed by atoms with Crippen molar-refractivity contribution in [1.82, 2.24) is 15.0 Å². The molecule has 0 unspecified atom stereocenters. The van der Waals surface area contributed by atoms with Crippen molar-refractivity contribution in [2.24, 2.45) is 5.41 Å². The summed E-state index contributed by atoms with van der Waals surface area (Å²) in [6.45, 7) is 24.2. The first-order valence-electron chi connectivity index (χ1n) is 19.2. The molecule has 0 fully saturated rings. The van der Waals surface area contributed by atoms with Crippen molar-refractivity contribution in [3.8, 4) is 33.6 Å². The van der Waals surface area contributed by atoms with Crippen molar-refractivity contribution in [2.75, 3.05) is 0 Å². The molecule has 4 aromatic carbocycles. The Balaban J connectivity index is 0.000000236. The zero-order chi connectivity index (χ0) is 39.2. The van der Waals surface area contributed by atoms with Crippen LogP contribution < -0.4 is 0 Å². The van der Waals surface area contributed by atoms with Crippen LogP contribution in [-0.2, 0) is 31.9 Å². The van der Waals surface area contributed by atoms with Crippen LogP contribution in [0.3, 0.4) is 0 Å². The molecule has 6 heteroatoms. The fourth-order valence-corrected chi connectivity index (χ4v) is 8.22. The van der Waals surface area contributed by atoms with Gasteiger partial charge in [-0.1, -0.05) is 116 Å². The van der Waals surface area contributed by atoms with Crippen molar-refractivity contribution in [3.63, 3.8) is 0 Å². The minimum atomic E-state index is -0.00462. The van der Waals surface area contributed by atoms with Crippen LogP contribution in [-0.4, -0.2) is 15.0 Å². The van der Waals surface area contributed by atoms with Crippen LogP contribution in [0.4, 0.5) is 0 Å². The van der Waals surface area contributed by atoms with Gasteiger partial charge in [-0.05, 0) is 76.9 Å². The third-order valence-electron chi connectivity index (χ3n) is 9.97. The van der Waals surface area contributed by atoms with Crippen LogP contribution >= 0.6 is 11.3 Å². The van der Waals surface area contributed by atoms with Gasteiger partial charge in [-0.15, -0.1) is 64.9 Å². The summed E-state index contributed by atoms with van der Waals surface area (Å²) >= 11 is 1.75. The Morgan fingerprint density at radius 2 is 1.48 bits per heavy atom. The van der Waals surface area contributed by atoms with Crippen molar-refractivity contribution < 1.29 is 24.5 Å². The van der Waals surface area contributed by atoms with Gasteiger partial charge >= 0.3 is 0 Å². The van der Waals surface area contributed by atoms with Gasteiger partial charge in [0.05, 0.1) is 15.3 Å². The summed E-state index contributed by atoms with van der Waals surface area (Å²) in [5.74, 6) is 0.344. The number of furan rings is 1. The summed E-state index contributed by atoms with van der Waals surface area (Å²) in [5, 5.41) is 3.27. The van der Waals surface area contributed by atoms with Gasteiger partial charge in [0.25, 0.3) is 0 Å². The molecule has 0 atom stereocenters. The van der Waals surface area contributed by atoms with E-state index in [1.807, 2.05) is 24.5 Å². The van der Waals surface area contributed by atoms with Crippen LogP contribution in [0.15, 0.2) is 95.7 Å². The largest absolute Gasteiger partial charge is 0.498 e. The average molecular weight is 934 g/mol. The van der Waals surface area contributed by atoms with Crippen LogP contribution in [0.2, 0.25) is 0 Å². The fourth-order valence-electron chi connectivity index (χ4n) is 7.20. The minimum Gasteiger partial charge on any atom is -0.498 e. The Hall–Kier alpha value is -4.48. The molecule has 0 bridgehead atoms. The van der Waals surface area contributed by atoms with Crippen molar-refractivity contribution in [2.45, 2.75) is 93.9 Å².